The van der Waals surface area contributed by atoms with Crippen LogP contribution in [0.15, 0.2) is 14.6 Å². The molecule has 4 radical (unpaired) electrons. The molecule has 1 saturated heterocycles. The molecule has 2 aromatic heterocycles. The molecular weight excluding hydrogens is 433 g/mol. The summed E-state index contributed by atoms with van der Waals surface area (Å²) in [6, 6.07) is 0. The van der Waals surface area contributed by atoms with Crippen LogP contribution < -0.4 is 16.6 Å². The van der Waals surface area contributed by atoms with Crippen LogP contribution >= 0.6 is 11.3 Å². The van der Waals surface area contributed by atoms with Gasteiger partial charge in [0.2, 0.25) is 0 Å². The average Bonchev–Trinajstić information content (AvgIpc) is 3.30. The van der Waals surface area contributed by atoms with Crippen LogP contribution in [-0.4, -0.2) is 75.7 Å². The molecule has 0 aliphatic carbocycles. The first-order valence-electron chi connectivity index (χ1n) is 9.33. The Labute approximate surface area is 182 Å². The number of nitrogens with zero attached hydrogens (tertiary/aromatic N) is 4. The van der Waals surface area contributed by atoms with Crippen molar-refractivity contribution in [1.29, 1.82) is 0 Å². The SMILES string of the molecule is [B]C([B])(c1sc2c(c1C)c(=O)n(CC(F)(F)F)c(=O)n2CCOC)N1CCNC1=NC. The van der Waals surface area contributed by atoms with E-state index < -0.39 is 29.3 Å². The summed E-state index contributed by atoms with van der Waals surface area (Å²) in [4.78, 5) is 32.0. The number of halogens is 3. The molecule has 1 aliphatic rings. The van der Waals surface area contributed by atoms with Crippen molar-refractivity contribution in [2.45, 2.75) is 31.5 Å². The van der Waals surface area contributed by atoms with Gasteiger partial charge in [0.05, 0.1) is 34.2 Å². The largest absolute Gasteiger partial charge is 0.406 e. The van der Waals surface area contributed by atoms with Gasteiger partial charge in [0.25, 0.3) is 5.56 Å². The Morgan fingerprint density at radius 2 is 1.94 bits per heavy atom. The molecule has 0 spiro atoms. The van der Waals surface area contributed by atoms with Crippen molar-refractivity contribution in [2.75, 3.05) is 33.9 Å². The van der Waals surface area contributed by atoms with Gasteiger partial charge >= 0.3 is 11.9 Å². The topological polar surface area (TPSA) is 80.9 Å². The van der Waals surface area contributed by atoms with Gasteiger partial charge in [-0.25, -0.2) is 4.79 Å². The molecular formula is C17H20B2F3N5O3S. The van der Waals surface area contributed by atoms with Gasteiger partial charge in [0.1, 0.15) is 11.4 Å². The van der Waals surface area contributed by atoms with Gasteiger partial charge in [-0.2, -0.15) is 13.2 Å². The monoisotopic (exact) mass is 453 g/mol. The number of ether oxygens (including phenoxy) is 1. The first-order chi connectivity index (χ1) is 14.4. The molecule has 0 amide bonds. The predicted molar refractivity (Wildman–Crippen MR) is 114 cm³/mol. The number of alkyl halides is 3. The Kier molecular flexibility index (Phi) is 6.34. The lowest BCUT2D eigenvalue weighted by Crippen LogP contribution is -2.49. The molecule has 0 bridgehead atoms. The Bertz CT molecular complexity index is 1140. The standard InChI is InChI=1S/C17H20B2F3N5O3S/c1-9-10-12(28)26(8-16(20,21)22)15(29)25(6-7-30-3)13(10)31-11(9)17(18,19)27-5-4-24-14(27)23-2/h4-8H2,1-3H3,(H,23,24). The third kappa shape index (κ3) is 4.14. The highest BCUT2D eigenvalue weighted by Crippen LogP contribution is 2.36. The van der Waals surface area contributed by atoms with Gasteiger partial charge in [-0.05, 0) is 17.8 Å². The molecule has 3 heterocycles. The molecule has 8 nitrogen and oxygen atoms in total. The van der Waals surface area contributed by atoms with Gasteiger partial charge in [-0.15, -0.1) is 11.3 Å². The average molecular weight is 453 g/mol. The Morgan fingerprint density at radius 1 is 1.26 bits per heavy atom. The highest BCUT2D eigenvalue weighted by molar-refractivity contribution is 7.19. The van der Waals surface area contributed by atoms with Crippen LogP contribution in [0.25, 0.3) is 10.2 Å². The molecule has 0 aromatic carbocycles. The summed E-state index contributed by atoms with van der Waals surface area (Å²) in [5, 5.41) is 1.41. The maximum absolute atomic E-state index is 13.1. The minimum atomic E-state index is -4.75. The summed E-state index contributed by atoms with van der Waals surface area (Å²) in [5.74, 6) is 0.452. The number of fused-ring (bicyclic) bond motifs is 1. The first-order valence-corrected chi connectivity index (χ1v) is 10.1. The zero-order valence-corrected chi connectivity index (χ0v) is 18.1. The molecule has 14 heteroatoms. The van der Waals surface area contributed by atoms with E-state index in [9.17, 15) is 22.8 Å². The van der Waals surface area contributed by atoms with Crippen molar-refractivity contribution in [2.24, 2.45) is 4.99 Å². The van der Waals surface area contributed by atoms with Crippen molar-refractivity contribution in [1.82, 2.24) is 19.4 Å². The molecule has 1 fully saturated rings. The minimum Gasteiger partial charge on any atom is -0.383 e. The fourth-order valence-electron chi connectivity index (χ4n) is 3.64. The molecule has 1 N–H and O–H groups in total. The number of nitrogens with one attached hydrogen (secondary N) is 1. The lowest BCUT2D eigenvalue weighted by molar-refractivity contribution is -0.141. The summed E-state index contributed by atoms with van der Waals surface area (Å²) in [6.07, 6.45) is -4.75. The van der Waals surface area contributed by atoms with E-state index in [0.29, 0.717) is 29.5 Å². The number of hydrogen-bond acceptors (Lipinski definition) is 5. The maximum atomic E-state index is 13.1. The number of aryl methyl sites for hydroxylation is 1. The molecule has 1 aliphatic heterocycles. The normalized spacial score (nSPS) is 16.5. The summed E-state index contributed by atoms with van der Waals surface area (Å²) >= 11 is 1.00. The molecule has 0 saturated carbocycles. The van der Waals surface area contributed by atoms with E-state index in [1.807, 2.05) is 0 Å². The second kappa shape index (κ2) is 8.38. The first kappa shape index (κ1) is 23.5. The summed E-state index contributed by atoms with van der Waals surface area (Å²) in [6.45, 7) is 0.853. The summed E-state index contributed by atoms with van der Waals surface area (Å²) in [7, 11) is 15.8. The van der Waals surface area contributed by atoms with Crippen molar-refractivity contribution in [3.05, 3.63) is 31.3 Å². The second-order valence-electron chi connectivity index (χ2n) is 7.12. The number of methoxy groups -OCH3 is 1. The fraction of sp³-hybridized carbons (Fsp3) is 0.588. The van der Waals surface area contributed by atoms with Gasteiger partial charge in [0, 0.05) is 32.1 Å². The minimum absolute atomic E-state index is 0.0256. The van der Waals surface area contributed by atoms with Crippen molar-refractivity contribution in [3.63, 3.8) is 0 Å². The van der Waals surface area contributed by atoms with Crippen LogP contribution in [-0.2, 0) is 23.2 Å². The number of aromatic nitrogens is 2. The lowest BCUT2D eigenvalue weighted by Gasteiger charge is -2.37. The third-order valence-corrected chi connectivity index (χ3v) is 6.50. The van der Waals surface area contributed by atoms with Crippen LogP contribution in [0.3, 0.4) is 0 Å². The number of aliphatic imine (C=N–C) groups is 1. The van der Waals surface area contributed by atoms with Gasteiger partial charge in [-0.1, -0.05) is 0 Å². The van der Waals surface area contributed by atoms with Crippen LogP contribution in [0, 0.1) is 6.92 Å². The number of hydrogen-bond donors (Lipinski definition) is 1. The Hall–Kier alpha value is -2.21. The van der Waals surface area contributed by atoms with Gasteiger partial charge < -0.3 is 15.0 Å². The van der Waals surface area contributed by atoms with Gasteiger partial charge in [0.15, 0.2) is 5.96 Å². The van der Waals surface area contributed by atoms with Crippen molar-refractivity contribution in [3.8, 4) is 0 Å². The van der Waals surface area contributed by atoms with E-state index in [1.54, 1.807) is 18.9 Å². The zero-order chi connectivity index (χ0) is 23.1. The van der Waals surface area contributed by atoms with E-state index in [-0.39, 0.29) is 27.9 Å². The lowest BCUT2D eigenvalue weighted by atomic mass is 9.59. The summed E-state index contributed by atoms with van der Waals surface area (Å²) < 4.78 is 45.5. The highest BCUT2D eigenvalue weighted by atomic mass is 32.1. The van der Waals surface area contributed by atoms with Crippen LogP contribution in [0.5, 0.6) is 0 Å². The van der Waals surface area contributed by atoms with Crippen molar-refractivity contribution >= 4 is 43.2 Å². The second-order valence-corrected chi connectivity index (χ2v) is 8.12. The number of thiophene rings is 1. The molecule has 3 rings (SSSR count). The van der Waals surface area contributed by atoms with E-state index >= 15 is 0 Å². The van der Waals surface area contributed by atoms with Gasteiger partial charge in [-0.3, -0.25) is 18.9 Å². The number of rotatable bonds is 6. The summed E-state index contributed by atoms with van der Waals surface area (Å²) in [5.41, 5.74) is -1.79. The Balaban J connectivity index is 2.30. The maximum Gasteiger partial charge on any atom is 0.406 e. The van der Waals surface area contributed by atoms with Crippen LogP contribution in [0.2, 0.25) is 0 Å². The van der Waals surface area contributed by atoms with E-state index in [0.717, 1.165) is 15.9 Å². The van der Waals surface area contributed by atoms with Crippen molar-refractivity contribution < 1.29 is 17.9 Å². The van der Waals surface area contributed by atoms with E-state index in [4.69, 9.17) is 20.4 Å². The highest BCUT2D eigenvalue weighted by Gasteiger charge is 2.37. The predicted octanol–water partition coefficient (Wildman–Crippen LogP) is 0.0801. The molecule has 31 heavy (non-hydrogen) atoms. The fourth-order valence-corrected chi connectivity index (χ4v) is 4.98. The quantitative estimate of drug-likeness (QED) is 0.628. The molecule has 2 aromatic rings. The molecule has 0 atom stereocenters. The zero-order valence-electron chi connectivity index (χ0n) is 17.2. The van der Waals surface area contributed by atoms with Crippen LogP contribution in [0.4, 0.5) is 13.2 Å². The van der Waals surface area contributed by atoms with Crippen LogP contribution in [0.1, 0.15) is 10.4 Å². The van der Waals surface area contributed by atoms with E-state index in [2.05, 4.69) is 10.3 Å². The molecule has 0 unspecified atom stereocenters. The van der Waals surface area contributed by atoms with E-state index in [1.165, 1.54) is 7.11 Å². The smallest absolute Gasteiger partial charge is 0.383 e. The third-order valence-electron chi connectivity index (χ3n) is 5.05. The molecule has 164 valence electrons. The Morgan fingerprint density at radius 3 is 2.52 bits per heavy atom. The number of guanidine groups is 1.